The lowest BCUT2D eigenvalue weighted by Crippen LogP contribution is -2.22. The van der Waals surface area contributed by atoms with Crippen LogP contribution < -0.4 is 0 Å². The van der Waals surface area contributed by atoms with Crippen LogP contribution in [0, 0.1) is 6.92 Å². The summed E-state index contributed by atoms with van der Waals surface area (Å²) in [5.74, 6) is 0. The molecule has 3 nitrogen and oxygen atoms in total. The van der Waals surface area contributed by atoms with E-state index in [0.717, 1.165) is 17.8 Å². The van der Waals surface area contributed by atoms with E-state index in [0.29, 0.717) is 6.73 Å². The van der Waals surface area contributed by atoms with Crippen LogP contribution in [0.4, 0.5) is 0 Å². The van der Waals surface area contributed by atoms with Crippen molar-refractivity contribution in [1.82, 2.24) is 9.78 Å². The number of hydrogen-bond donors (Lipinski definition) is 0. The van der Waals surface area contributed by atoms with Crippen molar-refractivity contribution < 1.29 is 4.74 Å². The molecule has 0 atom stereocenters. The molecule has 1 heterocycles. The van der Waals surface area contributed by atoms with Gasteiger partial charge >= 0.3 is 0 Å². The summed E-state index contributed by atoms with van der Waals surface area (Å²) in [6, 6.07) is 9.49. The van der Waals surface area contributed by atoms with Crippen LogP contribution in [0.25, 0.3) is 10.9 Å². The first-order chi connectivity index (χ1) is 8.47. The highest BCUT2D eigenvalue weighted by Crippen LogP contribution is 2.17. The molecule has 2 aromatic rings. The molecule has 0 unspecified atom stereocenters. The van der Waals surface area contributed by atoms with E-state index in [1.807, 2.05) is 23.7 Å². The van der Waals surface area contributed by atoms with E-state index < -0.39 is 8.07 Å². The molecule has 1 aromatic carbocycles. The predicted molar refractivity (Wildman–Crippen MR) is 78.6 cm³/mol. The number of rotatable bonds is 5. The summed E-state index contributed by atoms with van der Waals surface area (Å²) in [5, 5.41) is 5.74. The number of fused-ring (bicyclic) bond motifs is 1. The molecule has 0 aliphatic rings. The Morgan fingerprint density at radius 3 is 2.67 bits per heavy atom. The van der Waals surface area contributed by atoms with Gasteiger partial charge in [-0.25, -0.2) is 4.68 Å². The van der Waals surface area contributed by atoms with Crippen molar-refractivity contribution in [1.29, 1.82) is 0 Å². The van der Waals surface area contributed by atoms with Crippen LogP contribution in [-0.2, 0) is 11.5 Å². The minimum absolute atomic E-state index is 0.554. The van der Waals surface area contributed by atoms with Crippen molar-refractivity contribution in [2.45, 2.75) is 39.3 Å². The zero-order valence-electron chi connectivity index (χ0n) is 11.7. The van der Waals surface area contributed by atoms with Gasteiger partial charge in [-0.1, -0.05) is 37.8 Å². The van der Waals surface area contributed by atoms with E-state index in [4.69, 9.17) is 4.74 Å². The molecule has 0 radical (unpaired) electrons. The second kappa shape index (κ2) is 5.24. The minimum Gasteiger partial charge on any atom is -0.360 e. The maximum Gasteiger partial charge on any atom is 0.140 e. The van der Waals surface area contributed by atoms with Crippen LogP contribution in [0.1, 0.15) is 5.69 Å². The molecule has 98 valence electrons. The Bertz CT molecular complexity index is 528. The summed E-state index contributed by atoms with van der Waals surface area (Å²) in [7, 11) is -0.999. The highest BCUT2D eigenvalue weighted by atomic mass is 28.3. The molecular formula is C14H22N2OSi. The SMILES string of the molecule is Cc1nn(COCC[Si](C)(C)C)c2ccccc12. The Morgan fingerprint density at radius 1 is 1.22 bits per heavy atom. The van der Waals surface area contributed by atoms with Gasteiger partial charge in [0, 0.05) is 20.1 Å². The fourth-order valence-corrected chi connectivity index (χ4v) is 2.68. The molecule has 18 heavy (non-hydrogen) atoms. The average molecular weight is 262 g/mol. The van der Waals surface area contributed by atoms with Crippen molar-refractivity contribution in [3.05, 3.63) is 30.0 Å². The predicted octanol–water partition coefficient (Wildman–Crippen LogP) is 3.66. The molecule has 0 amide bonds. The van der Waals surface area contributed by atoms with Crippen molar-refractivity contribution in [2.75, 3.05) is 6.61 Å². The van der Waals surface area contributed by atoms with Crippen molar-refractivity contribution in [2.24, 2.45) is 0 Å². The largest absolute Gasteiger partial charge is 0.360 e. The molecule has 0 bridgehead atoms. The number of aryl methyl sites for hydroxylation is 1. The number of benzene rings is 1. The highest BCUT2D eigenvalue weighted by molar-refractivity contribution is 6.76. The number of hydrogen-bond acceptors (Lipinski definition) is 2. The van der Waals surface area contributed by atoms with Gasteiger partial charge in [0.05, 0.1) is 11.2 Å². The van der Waals surface area contributed by atoms with Crippen LogP contribution in [0.15, 0.2) is 24.3 Å². The van der Waals surface area contributed by atoms with Crippen LogP contribution in [0.3, 0.4) is 0 Å². The number of nitrogens with zero attached hydrogens (tertiary/aromatic N) is 2. The Balaban J connectivity index is 2.00. The third kappa shape index (κ3) is 3.20. The molecule has 0 fully saturated rings. The number of para-hydroxylation sites is 1. The van der Waals surface area contributed by atoms with Crippen LogP contribution >= 0.6 is 0 Å². The second-order valence-corrected chi connectivity index (χ2v) is 11.6. The number of ether oxygens (including phenoxy) is 1. The standard InChI is InChI=1S/C14H22N2OSi/c1-12-13-7-5-6-8-14(13)16(15-12)11-17-9-10-18(2,3)4/h5-8H,9-11H2,1-4H3. The lowest BCUT2D eigenvalue weighted by atomic mass is 10.2. The van der Waals surface area contributed by atoms with Gasteiger partial charge < -0.3 is 4.74 Å². The zero-order chi connectivity index (χ0) is 13.2. The molecule has 0 spiro atoms. The molecule has 0 aliphatic heterocycles. The van der Waals surface area contributed by atoms with Gasteiger partial charge in [-0.3, -0.25) is 0 Å². The van der Waals surface area contributed by atoms with E-state index in [1.165, 1.54) is 11.4 Å². The molecule has 4 heteroatoms. The van der Waals surface area contributed by atoms with Gasteiger partial charge in [0.1, 0.15) is 6.73 Å². The van der Waals surface area contributed by atoms with Gasteiger partial charge in [-0.15, -0.1) is 0 Å². The monoisotopic (exact) mass is 262 g/mol. The third-order valence-corrected chi connectivity index (χ3v) is 4.76. The van der Waals surface area contributed by atoms with Crippen LogP contribution in [0.5, 0.6) is 0 Å². The van der Waals surface area contributed by atoms with Crippen molar-refractivity contribution in [3.8, 4) is 0 Å². The van der Waals surface area contributed by atoms with Crippen LogP contribution in [0.2, 0.25) is 25.7 Å². The Morgan fingerprint density at radius 2 is 1.94 bits per heavy atom. The summed E-state index contributed by atoms with van der Waals surface area (Å²) < 4.78 is 7.71. The lowest BCUT2D eigenvalue weighted by molar-refractivity contribution is 0.0815. The molecule has 0 saturated carbocycles. The van der Waals surface area contributed by atoms with Crippen molar-refractivity contribution >= 4 is 19.0 Å². The quantitative estimate of drug-likeness (QED) is 0.607. The maximum absolute atomic E-state index is 5.75. The fraction of sp³-hybridized carbons (Fsp3) is 0.500. The Hall–Kier alpha value is -1.13. The third-order valence-electron chi connectivity index (χ3n) is 3.05. The van der Waals surface area contributed by atoms with Crippen LogP contribution in [-0.4, -0.2) is 24.5 Å². The molecular weight excluding hydrogens is 240 g/mol. The average Bonchev–Trinajstić information content (AvgIpc) is 2.62. The maximum atomic E-state index is 5.75. The van der Waals surface area contributed by atoms with E-state index in [2.05, 4.69) is 36.9 Å². The van der Waals surface area contributed by atoms with Crippen molar-refractivity contribution in [3.63, 3.8) is 0 Å². The smallest absolute Gasteiger partial charge is 0.140 e. The van der Waals surface area contributed by atoms with Gasteiger partial charge in [0.25, 0.3) is 0 Å². The summed E-state index contributed by atoms with van der Waals surface area (Å²) in [5.41, 5.74) is 2.22. The summed E-state index contributed by atoms with van der Waals surface area (Å²) in [4.78, 5) is 0. The highest BCUT2D eigenvalue weighted by Gasteiger charge is 2.12. The number of aromatic nitrogens is 2. The zero-order valence-corrected chi connectivity index (χ0v) is 12.7. The minimum atomic E-state index is -0.999. The molecule has 0 aliphatic carbocycles. The molecule has 0 saturated heterocycles. The first-order valence-corrected chi connectivity index (χ1v) is 10.2. The summed E-state index contributed by atoms with van der Waals surface area (Å²) in [6.45, 7) is 10.5. The first kappa shape index (κ1) is 13.3. The van der Waals surface area contributed by atoms with E-state index in [1.54, 1.807) is 0 Å². The van der Waals surface area contributed by atoms with E-state index in [9.17, 15) is 0 Å². The van der Waals surface area contributed by atoms with E-state index in [-0.39, 0.29) is 0 Å². The van der Waals surface area contributed by atoms with Gasteiger partial charge in [-0.2, -0.15) is 5.10 Å². The van der Waals surface area contributed by atoms with Gasteiger partial charge in [0.2, 0.25) is 0 Å². The topological polar surface area (TPSA) is 27.1 Å². The van der Waals surface area contributed by atoms with Gasteiger partial charge in [0.15, 0.2) is 0 Å². The Labute approximate surface area is 110 Å². The summed E-state index contributed by atoms with van der Waals surface area (Å²) in [6.07, 6.45) is 0. The summed E-state index contributed by atoms with van der Waals surface area (Å²) >= 11 is 0. The lowest BCUT2D eigenvalue weighted by Gasteiger charge is -2.15. The molecule has 0 N–H and O–H groups in total. The van der Waals surface area contributed by atoms with E-state index >= 15 is 0 Å². The first-order valence-electron chi connectivity index (χ1n) is 6.47. The van der Waals surface area contributed by atoms with Gasteiger partial charge in [-0.05, 0) is 19.0 Å². The Kier molecular flexibility index (Phi) is 3.87. The molecule has 2 rings (SSSR count). The normalized spacial score (nSPS) is 12.2. The molecule has 1 aromatic heterocycles. The fourth-order valence-electron chi connectivity index (χ4n) is 1.92. The second-order valence-electron chi connectivity index (χ2n) is 5.95.